The van der Waals surface area contributed by atoms with E-state index in [0.29, 0.717) is 13.1 Å². The monoisotopic (exact) mass is 312 g/mol. The molecule has 2 rings (SSSR count). The van der Waals surface area contributed by atoms with Gasteiger partial charge in [-0.25, -0.2) is 0 Å². The second-order valence-corrected chi connectivity index (χ2v) is 5.84. The van der Waals surface area contributed by atoms with Crippen molar-refractivity contribution in [1.82, 2.24) is 4.90 Å². The number of ether oxygens (including phenoxy) is 1. The molecule has 0 aliphatic heterocycles. The maximum Gasteiger partial charge on any atom is 0.238 e. The third kappa shape index (κ3) is 4.83. The minimum atomic E-state index is -0.00147. The molecule has 0 atom stereocenters. The Morgan fingerprint density at radius 3 is 2.26 bits per heavy atom. The molecule has 2 aromatic rings. The number of para-hydroxylation sites is 1. The van der Waals surface area contributed by atoms with Crippen molar-refractivity contribution in [1.29, 1.82) is 0 Å². The number of nitrogens with zero attached hydrogens (tertiary/aromatic N) is 1. The number of nitrogens with one attached hydrogen (secondary N) is 1. The molecule has 0 saturated carbocycles. The fourth-order valence-electron chi connectivity index (χ4n) is 2.53. The molecule has 0 unspecified atom stereocenters. The van der Waals surface area contributed by atoms with Crippen molar-refractivity contribution in [3.63, 3.8) is 0 Å². The largest absolute Gasteiger partial charge is 0.497 e. The number of anilines is 1. The van der Waals surface area contributed by atoms with Crippen molar-refractivity contribution in [2.45, 2.75) is 20.4 Å². The van der Waals surface area contributed by atoms with Crippen molar-refractivity contribution in [2.24, 2.45) is 0 Å². The Hall–Kier alpha value is -2.33. The van der Waals surface area contributed by atoms with Gasteiger partial charge in [0.1, 0.15) is 5.75 Å². The van der Waals surface area contributed by atoms with Gasteiger partial charge in [-0.3, -0.25) is 9.69 Å². The van der Waals surface area contributed by atoms with Gasteiger partial charge >= 0.3 is 0 Å². The maximum absolute atomic E-state index is 12.2. The van der Waals surface area contributed by atoms with E-state index >= 15 is 0 Å². The Morgan fingerprint density at radius 2 is 1.70 bits per heavy atom. The fraction of sp³-hybridized carbons (Fsp3) is 0.316. The first-order valence-corrected chi connectivity index (χ1v) is 7.67. The van der Waals surface area contributed by atoms with Gasteiger partial charge in [-0.15, -0.1) is 0 Å². The highest BCUT2D eigenvalue weighted by atomic mass is 16.5. The van der Waals surface area contributed by atoms with Crippen molar-refractivity contribution in [2.75, 3.05) is 26.0 Å². The highest BCUT2D eigenvalue weighted by Gasteiger charge is 2.10. The molecule has 1 N–H and O–H groups in total. The molecule has 0 radical (unpaired) electrons. The average Bonchev–Trinajstić information content (AvgIpc) is 2.51. The van der Waals surface area contributed by atoms with Crippen LogP contribution in [0.1, 0.15) is 16.7 Å². The smallest absolute Gasteiger partial charge is 0.238 e. The van der Waals surface area contributed by atoms with Crippen molar-refractivity contribution >= 4 is 11.6 Å². The first-order chi connectivity index (χ1) is 11.0. The number of carbonyl (C=O) groups excluding carboxylic acids is 1. The summed E-state index contributed by atoms with van der Waals surface area (Å²) in [5.41, 5.74) is 4.22. The van der Waals surface area contributed by atoms with E-state index in [-0.39, 0.29) is 5.91 Å². The van der Waals surface area contributed by atoms with Crippen LogP contribution in [-0.2, 0) is 11.3 Å². The lowest BCUT2D eigenvalue weighted by atomic mass is 10.1. The second-order valence-electron chi connectivity index (χ2n) is 5.84. The van der Waals surface area contributed by atoms with Gasteiger partial charge in [0.15, 0.2) is 0 Å². The Bertz CT molecular complexity index is 645. The Balaban J connectivity index is 1.91. The summed E-state index contributed by atoms with van der Waals surface area (Å²) in [6, 6.07) is 13.9. The van der Waals surface area contributed by atoms with Gasteiger partial charge in [0.2, 0.25) is 5.91 Å². The molecule has 0 heterocycles. The van der Waals surface area contributed by atoms with Crippen molar-refractivity contribution in [3.05, 3.63) is 59.2 Å². The molecule has 1 amide bonds. The van der Waals surface area contributed by atoms with Crippen LogP contribution in [0.25, 0.3) is 0 Å². The van der Waals surface area contributed by atoms with E-state index in [1.165, 1.54) is 0 Å². The number of benzene rings is 2. The zero-order chi connectivity index (χ0) is 16.8. The topological polar surface area (TPSA) is 41.6 Å². The van der Waals surface area contributed by atoms with E-state index in [1.807, 2.05) is 68.3 Å². The summed E-state index contributed by atoms with van der Waals surface area (Å²) in [5, 5.41) is 3.01. The first-order valence-electron chi connectivity index (χ1n) is 7.67. The number of carbonyl (C=O) groups is 1. The lowest BCUT2D eigenvalue weighted by Gasteiger charge is -2.18. The number of methoxy groups -OCH3 is 1. The molecule has 122 valence electrons. The number of amides is 1. The third-order valence-corrected chi connectivity index (χ3v) is 3.77. The third-order valence-electron chi connectivity index (χ3n) is 3.77. The molecule has 2 aromatic carbocycles. The molecular weight excluding hydrogens is 288 g/mol. The summed E-state index contributed by atoms with van der Waals surface area (Å²) in [6.45, 7) is 5.07. The van der Waals surface area contributed by atoms with Crippen LogP contribution in [0, 0.1) is 13.8 Å². The minimum Gasteiger partial charge on any atom is -0.497 e. The molecule has 4 heteroatoms. The van der Waals surface area contributed by atoms with Crippen molar-refractivity contribution in [3.8, 4) is 5.75 Å². The zero-order valence-corrected chi connectivity index (χ0v) is 14.2. The summed E-state index contributed by atoms with van der Waals surface area (Å²) in [4.78, 5) is 14.2. The quantitative estimate of drug-likeness (QED) is 0.889. The number of hydrogen-bond acceptors (Lipinski definition) is 3. The summed E-state index contributed by atoms with van der Waals surface area (Å²) < 4.78 is 5.15. The normalized spacial score (nSPS) is 10.7. The lowest BCUT2D eigenvalue weighted by molar-refractivity contribution is -0.117. The maximum atomic E-state index is 12.2. The fourth-order valence-corrected chi connectivity index (χ4v) is 2.53. The summed E-state index contributed by atoms with van der Waals surface area (Å²) >= 11 is 0. The number of aryl methyl sites for hydroxylation is 2. The summed E-state index contributed by atoms with van der Waals surface area (Å²) in [6.07, 6.45) is 0. The van der Waals surface area contributed by atoms with E-state index < -0.39 is 0 Å². The van der Waals surface area contributed by atoms with Gasteiger partial charge in [0.05, 0.1) is 13.7 Å². The van der Waals surface area contributed by atoms with Crippen LogP contribution in [0.2, 0.25) is 0 Å². The van der Waals surface area contributed by atoms with Gasteiger partial charge in [0, 0.05) is 12.2 Å². The predicted molar refractivity (Wildman–Crippen MR) is 93.9 cm³/mol. The average molecular weight is 312 g/mol. The van der Waals surface area contributed by atoms with Crippen LogP contribution < -0.4 is 10.1 Å². The van der Waals surface area contributed by atoms with Crippen LogP contribution in [0.5, 0.6) is 5.75 Å². The van der Waals surface area contributed by atoms with Crippen molar-refractivity contribution < 1.29 is 9.53 Å². The van der Waals surface area contributed by atoms with E-state index in [4.69, 9.17) is 4.74 Å². The SMILES string of the molecule is COc1ccc(CN(C)CC(=O)Nc2c(C)cccc2C)cc1. The van der Waals surface area contributed by atoms with Gasteiger partial charge in [-0.2, -0.15) is 0 Å². The Labute approximate surface area is 138 Å². The van der Waals surface area contributed by atoms with E-state index in [1.54, 1.807) is 7.11 Å². The first kappa shape index (κ1) is 17.0. The summed E-state index contributed by atoms with van der Waals surface area (Å²) in [7, 11) is 3.59. The van der Waals surface area contributed by atoms with Crippen LogP contribution in [0.15, 0.2) is 42.5 Å². The molecule has 0 aliphatic rings. The lowest BCUT2D eigenvalue weighted by Crippen LogP contribution is -2.30. The molecule has 0 fully saturated rings. The number of hydrogen-bond donors (Lipinski definition) is 1. The molecule has 0 aromatic heterocycles. The van der Waals surface area contributed by atoms with Gasteiger partial charge in [-0.1, -0.05) is 30.3 Å². The standard InChI is InChI=1S/C19H24N2O2/c1-14-6-5-7-15(2)19(14)20-18(22)13-21(3)12-16-8-10-17(23-4)11-9-16/h5-11H,12-13H2,1-4H3,(H,20,22). The zero-order valence-electron chi connectivity index (χ0n) is 14.2. The molecule has 0 bridgehead atoms. The van der Waals surface area contributed by atoms with Crippen LogP contribution in [0.3, 0.4) is 0 Å². The van der Waals surface area contributed by atoms with Crippen LogP contribution in [-0.4, -0.2) is 31.5 Å². The van der Waals surface area contributed by atoms with Gasteiger partial charge in [-0.05, 0) is 49.7 Å². The molecular formula is C19H24N2O2. The molecule has 0 spiro atoms. The predicted octanol–water partition coefficient (Wildman–Crippen LogP) is 3.38. The molecule has 0 saturated heterocycles. The Morgan fingerprint density at radius 1 is 1.09 bits per heavy atom. The highest BCUT2D eigenvalue weighted by molar-refractivity contribution is 5.93. The number of rotatable bonds is 6. The molecule has 0 aliphatic carbocycles. The van der Waals surface area contributed by atoms with E-state index in [2.05, 4.69) is 5.32 Å². The minimum absolute atomic E-state index is 0.00147. The van der Waals surface area contributed by atoms with Crippen LogP contribution in [0.4, 0.5) is 5.69 Å². The van der Waals surface area contributed by atoms with Gasteiger partial charge in [0.25, 0.3) is 0 Å². The van der Waals surface area contributed by atoms with Crippen LogP contribution >= 0.6 is 0 Å². The number of likely N-dealkylation sites (N-methyl/N-ethyl adjacent to an activating group) is 1. The van der Waals surface area contributed by atoms with Gasteiger partial charge < -0.3 is 10.1 Å². The highest BCUT2D eigenvalue weighted by Crippen LogP contribution is 2.19. The van der Waals surface area contributed by atoms with E-state index in [9.17, 15) is 4.79 Å². The Kier molecular flexibility index (Phi) is 5.77. The summed E-state index contributed by atoms with van der Waals surface area (Å²) in [5.74, 6) is 0.836. The molecule has 4 nitrogen and oxygen atoms in total. The molecule has 23 heavy (non-hydrogen) atoms. The van der Waals surface area contributed by atoms with E-state index in [0.717, 1.165) is 28.1 Å². The second kappa shape index (κ2) is 7.79.